The zero-order chi connectivity index (χ0) is 24.1. The number of pyridine rings is 1. The van der Waals surface area contributed by atoms with Crippen molar-refractivity contribution < 1.29 is 27.4 Å². The van der Waals surface area contributed by atoms with E-state index in [4.69, 9.17) is 14.2 Å². The molecule has 1 N–H and O–H groups in total. The van der Waals surface area contributed by atoms with Gasteiger partial charge in [-0.15, -0.1) is 0 Å². The molecule has 0 spiro atoms. The molecular formula is C25H28F3N3O3. The van der Waals surface area contributed by atoms with Crippen molar-refractivity contribution in [3.63, 3.8) is 0 Å². The molecule has 1 fully saturated rings. The summed E-state index contributed by atoms with van der Waals surface area (Å²) in [6, 6.07) is 5.91. The zero-order valence-electron chi connectivity index (χ0n) is 19.2. The van der Waals surface area contributed by atoms with Crippen LogP contribution in [0.1, 0.15) is 61.5 Å². The highest BCUT2D eigenvalue weighted by Crippen LogP contribution is 2.42. The summed E-state index contributed by atoms with van der Waals surface area (Å²) in [7, 11) is 3.04. The fourth-order valence-corrected chi connectivity index (χ4v) is 4.24. The second kappa shape index (κ2) is 10.4. The van der Waals surface area contributed by atoms with Crippen LogP contribution in [-0.4, -0.2) is 29.2 Å². The molecule has 0 saturated heterocycles. The van der Waals surface area contributed by atoms with Crippen molar-refractivity contribution >= 4 is 0 Å². The summed E-state index contributed by atoms with van der Waals surface area (Å²) in [6.07, 6.45) is 5.47. The molecule has 2 heterocycles. The number of ether oxygens (including phenoxy) is 3. The number of H-pyrrole nitrogens is 1. The van der Waals surface area contributed by atoms with Crippen molar-refractivity contribution in [2.45, 2.75) is 57.2 Å². The van der Waals surface area contributed by atoms with Gasteiger partial charge in [-0.05, 0) is 37.1 Å². The summed E-state index contributed by atoms with van der Waals surface area (Å²) < 4.78 is 55.2. The van der Waals surface area contributed by atoms with Crippen LogP contribution in [0.5, 0.6) is 17.2 Å². The maximum atomic E-state index is 12.8. The number of hydrogen-bond acceptors (Lipinski definition) is 5. The van der Waals surface area contributed by atoms with Gasteiger partial charge in [-0.3, -0.25) is 4.98 Å². The summed E-state index contributed by atoms with van der Waals surface area (Å²) in [5.74, 6) is 2.67. The topological polar surface area (TPSA) is 69.3 Å². The van der Waals surface area contributed by atoms with E-state index < -0.39 is 11.7 Å². The Kier molecular flexibility index (Phi) is 7.29. The smallest absolute Gasteiger partial charge is 0.417 e. The van der Waals surface area contributed by atoms with E-state index in [1.165, 1.54) is 46.0 Å². The average Bonchev–Trinajstić information content (AvgIpc) is 3.17. The van der Waals surface area contributed by atoms with Crippen molar-refractivity contribution in [3.8, 4) is 28.5 Å². The summed E-state index contributed by atoms with van der Waals surface area (Å²) in [5, 5.41) is 0. The first-order valence-electron chi connectivity index (χ1n) is 11.3. The molecule has 6 nitrogen and oxygen atoms in total. The average molecular weight is 476 g/mol. The fourth-order valence-electron chi connectivity index (χ4n) is 4.24. The highest BCUT2D eigenvalue weighted by Gasteiger charge is 2.30. The maximum Gasteiger partial charge on any atom is 0.417 e. The number of nitrogens with zero attached hydrogens (tertiary/aromatic N) is 2. The lowest BCUT2D eigenvalue weighted by atomic mass is 10.00. The molecule has 3 aromatic rings. The number of aromatic amines is 1. The number of methoxy groups -OCH3 is 2. The van der Waals surface area contributed by atoms with Crippen LogP contribution in [0.25, 0.3) is 11.3 Å². The van der Waals surface area contributed by atoms with Gasteiger partial charge in [0, 0.05) is 17.7 Å². The van der Waals surface area contributed by atoms with Crippen molar-refractivity contribution in [2.24, 2.45) is 0 Å². The molecule has 0 unspecified atom stereocenters. The van der Waals surface area contributed by atoms with Gasteiger partial charge in [-0.25, -0.2) is 4.98 Å². The molecule has 0 radical (unpaired) electrons. The van der Waals surface area contributed by atoms with E-state index in [1.807, 2.05) is 18.3 Å². The molecule has 182 valence electrons. The summed E-state index contributed by atoms with van der Waals surface area (Å²) in [4.78, 5) is 11.9. The number of hydrogen-bond donors (Lipinski definition) is 1. The third-order valence-corrected chi connectivity index (χ3v) is 6.13. The van der Waals surface area contributed by atoms with Crippen LogP contribution in [0.2, 0.25) is 0 Å². The van der Waals surface area contributed by atoms with Crippen LogP contribution in [0.15, 0.2) is 36.7 Å². The second-order valence-electron chi connectivity index (χ2n) is 8.41. The number of aromatic nitrogens is 3. The largest absolute Gasteiger partial charge is 0.493 e. The predicted molar refractivity (Wildman–Crippen MR) is 121 cm³/mol. The lowest BCUT2D eigenvalue weighted by Crippen LogP contribution is -2.07. The van der Waals surface area contributed by atoms with E-state index in [2.05, 4.69) is 15.0 Å². The molecule has 2 aromatic heterocycles. The second-order valence-corrected chi connectivity index (χ2v) is 8.41. The quantitative estimate of drug-likeness (QED) is 0.394. The van der Waals surface area contributed by atoms with E-state index in [0.29, 0.717) is 28.9 Å². The van der Waals surface area contributed by atoms with Gasteiger partial charge >= 0.3 is 6.18 Å². The van der Waals surface area contributed by atoms with Crippen LogP contribution in [0.3, 0.4) is 0 Å². The minimum atomic E-state index is -4.43. The first-order valence-corrected chi connectivity index (χ1v) is 11.3. The number of rotatable bonds is 7. The molecular weight excluding hydrogens is 447 g/mol. The Balaban J connectivity index is 1.54. The SMILES string of the molecule is COc1cc(-c2cnc(C3CCCCCC3)[nH]2)cc(OC)c1OCc1ccc(C(F)(F)F)cn1. The molecule has 1 aliphatic rings. The Hall–Kier alpha value is -3.23. The summed E-state index contributed by atoms with van der Waals surface area (Å²) in [6.45, 7) is -0.0416. The first-order chi connectivity index (χ1) is 16.4. The van der Waals surface area contributed by atoms with E-state index in [0.717, 1.165) is 42.2 Å². The molecule has 1 saturated carbocycles. The van der Waals surface area contributed by atoms with Crippen LogP contribution >= 0.6 is 0 Å². The molecule has 4 rings (SSSR count). The molecule has 1 aliphatic carbocycles. The van der Waals surface area contributed by atoms with E-state index in [1.54, 1.807) is 0 Å². The van der Waals surface area contributed by atoms with Gasteiger partial charge < -0.3 is 19.2 Å². The predicted octanol–water partition coefficient (Wildman–Crippen LogP) is 6.52. The first kappa shape index (κ1) is 23.9. The van der Waals surface area contributed by atoms with Crippen molar-refractivity contribution in [1.29, 1.82) is 0 Å². The lowest BCUT2D eigenvalue weighted by Gasteiger charge is -2.16. The van der Waals surface area contributed by atoms with Gasteiger partial charge in [0.05, 0.1) is 37.4 Å². The monoisotopic (exact) mass is 475 g/mol. The number of benzene rings is 1. The van der Waals surface area contributed by atoms with Crippen LogP contribution < -0.4 is 14.2 Å². The van der Waals surface area contributed by atoms with E-state index >= 15 is 0 Å². The van der Waals surface area contributed by atoms with Crippen molar-refractivity contribution in [3.05, 3.63) is 53.7 Å². The van der Waals surface area contributed by atoms with Gasteiger partial charge in [-0.1, -0.05) is 25.7 Å². The minimum absolute atomic E-state index is 0.0416. The Morgan fingerprint density at radius 1 is 0.941 bits per heavy atom. The number of halogens is 3. The summed E-state index contributed by atoms with van der Waals surface area (Å²) >= 11 is 0. The van der Waals surface area contributed by atoms with Gasteiger partial charge in [0.1, 0.15) is 12.4 Å². The van der Waals surface area contributed by atoms with E-state index in [-0.39, 0.29) is 6.61 Å². The standard InChI is InChI=1S/C25H28F3N3O3/c1-32-21-11-17(20-14-30-24(31-20)16-7-5-3-4-6-8-16)12-22(33-2)23(21)34-15-19-10-9-18(13-29-19)25(26,27)28/h9-14,16H,3-8,15H2,1-2H3,(H,30,31). The summed E-state index contributed by atoms with van der Waals surface area (Å²) in [5.41, 5.74) is 1.23. The number of nitrogens with one attached hydrogen (secondary N) is 1. The molecule has 0 atom stereocenters. The molecule has 1 aromatic carbocycles. The van der Waals surface area contributed by atoms with Crippen molar-refractivity contribution in [2.75, 3.05) is 14.2 Å². The van der Waals surface area contributed by atoms with Crippen LogP contribution in [0.4, 0.5) is 13.2 Å². The Bertz CT molecular complexity index is 1060. The van der Waals surface area contributed by atoms with Crippen molar-refractivity contribution in [1.82, 2.24) is 15.0 Å². The third kappa shape index (κ3) is 5.46. The van der Waals surface area contributed by atoms with Gasteiger partial charge in [0.15, 0.2) is 11.5 Å². The van der Waals surface area contributed by atoms with E-state index in [9.17, 15) is 13.2 Å². The highest BCUT2D eigenvalue weighted by atomic mass is 19.4. The Morgan fingerprint density at radius 2 is 1.62 bits per heavy atom. The lowest BCUT2D eigenvalue weighted by molar-refractivity contribution is -0.137. The van der Waals surface area contributed by atoms with Gasteiger partial charge in [0.2, 0.25) is 5.75 Å². The zero-order valence-corrected chi connectivity index (χ0v) is 19.2. The van der Waals surface area contributed by atoms with Gasteiger partial charge in [-0.2, -0.15) is 13.2 Å². The molecule has 9 heteroatoms. The maximum absolute atomic E-state index is 12.8. The Morgan fingerprint density at radius 3 is 2.18 bits per heavy atom. The normalized spacial score (nSPS) is 15.1. The molecule has 34 heavy (non-hydrogen) atoms. The highest BCUT2D eigenvalue weighted by molar-refractivity contribution is 5.68. The fraction of sp³-hybridized carbons (Fsp3) is 0.440. The minimum Gasteiger partial charge on any atom is -0.493 e. The van der Waals surface area contributed by atoms with Crippen LogP contribution in [-0.2, 0) is 12.8 Å². The number of imidazole rings is 1. The third-order valence-electron chi connectivity index (χ3n) is 6.13. The molecule has 0 aliphatic heterocycles. The number of alkyl halides is 3. The Labute approximate surface area is 196 Å². The molecule has 0 amide bonds. The van der Waals surface area contributed by atoms with Crippen LogP contribution in [0, 0.1) is 0 Å². The van der Waals surface area contributed by atoms with Gasteiger partial charge in [0.25, 0.3) is 0 Å². The molecule has 0 bridgehead atoms.